The topological polar surface area (TPSA) is 43.1 Å². The predicted molar refractivity (Wildman–Crippen MR) is 57.5 cm³/mol. The molecule has 0 atom stereocenters. The van der Waals surface area contributed by atoms with Crippen LogP contribution in [0.3, 0.4) is 0 Å². The summed E-state index contributed by atoms with van der Waals surface area (Å²) in [5.74, 6) is -0.868. The number of carbonyl (C=O) groups excluding carboxylic acids is 1. The first-order valence-electron chi connectivity index (χ1n) is 4.79. The Morgan fingerprint density at radius 2 is 1.76 bits per heavy atom. The lowest BCUT2D eigenvalue weighted by atomic mass is 10.0. The van der Waals surface area contributed by atoms with Crippen LogP contribution in [-0.4, -0.2) is 5.91 Å². The summed E-state index contributed by atoms with van der Waals surface area (Å²) in [6.45, 7) is 0. The number of nitrogens with two attached hydrogens (primary N) is 1. The average molecular weight is 239 g/mol. The zero-order valence-electron chi connectivity index (χ0n) is 8.58. The molecule has 0 bridgehead atoms. The number of halogens is 3. The van der Waals surface area contributed by atoms with Crippen LogP contribution >= 0.6 is 0 Å². The molecule has 88 valence electrons. The van der Waals surface area contributed by atoms with E-state index in [1.807, 2.05) is 0 Å². The Kier molecular flexibility index (Phi) is 2.53. The van der Waals surface area contributed by atoms with Crippen LogP contribution in [0.1, 0.15) is 15.9 Å². The second-order valence-corrected chi connectivity index (χ2v) is 3.61. The SMILES string of the molecule is NC(=O)c1cc(C(F)(F)F)cc2ccccc12. The van der Waals surface area contributed by atoms with Gasteiger partial charge in [0.1, 0.15) is 0 Å². The van der Waals surface area contributed by atoms with E-state index in [2.05, 4.69) is 0 Å². The van der Waals surface area contributed by atoms with Crippen LogP contribution < -0.4 is 5.73 Å². The maximum Gasteiger partial charge on any atom is 0.416 e. The van der Waals surface area contributed by atoms with Gasteiger partial charge in [0.2, 0.25) is 5.91 Å². The van der Waals surface area contributed by atoms with Crippen LogP contribution in [0.4, 0.5) is 13.2 Å². The van der Waals surface area contributed by atoms with Crippen molar-refractivity contribution in [3.63, 3.8) is 0 Å². The molecule has 2 N–H and O–H groups in total. The summed E-state index contributed by atoms with van der Waals surface area (Å²) in [5.41, 5.74) is 4.10. The van der Waals surface area contributed by atoms with Crippen molar-refractivity contribution in [2.45, 2.75) is 6.18 Å². The molecular weight excluding hydrogens is 231 g/mol. The van der Waals surface area contributed by atoms with E-state index < -0.39 is 17.6 Å². The molecular formula is C12H8F3NO. The summed E-state index contributed by atoms with van der Waals surface area (Å²) < 4.78 is 37.8. The lowest BCUT2D eigenvalue weighted by molar-refractivity contribution is -0.137. The highest BCUT2D eigenvalue weighted by molar-refractivity contribution is 6.06. The molecule has 0 heterocycles. The predicted octanol–water partition coefficient (Wildman–Crippen LogP) is 2.96. The van der Waals surface area contributed by atoms with Gasteiger partial charge in [-0.1, -0.05) is 24.3 Å². The van der Waals surface area contributed by atoms with Gasteiger partial charge < -0.3 is 5.73 Å². The highest BCUT2D eigenvalue weighted by Gasteiger charge is 2.31. The zero-order valence-corrected chi connectivity index (χ0v) is 8.58. The minimum atomic E-state index is -4.49. The lowest BCUT2D eigenvalue weighted by Gasteiger charge is -2.10. The molecule has 0 fully saturated rings. The van der Waals surface area contributed by atoms with E-state index >= 15 is 0 Å². The van der Waals surface area contributed by atoms with Gasteiger partial charge in [-0.25, -0.2) is 0 Å². The van der Waals surface area contributed by atoms with Crippen LogP contribution in [-0.2, 0) is 6.18 Å². The van der Waals surface area contributed by atoms with E-state index in [4.69, 9.17) is 5.73 Å². The van der Waals surface area contributed by atoms with Gasteiger partial charge in [0.25, 0.3) is 0 Å². The summed E-state index contributed by atoms with van der Waals surface area (Å²) in [7, 11) is 0. The summed E-state index contributed by atoms with van der Waals surface area (Å²) in [4.78, 5) is 11.1. The zero-order chi connectivity index (χ0) is 12.6. The van der Waals surface area contributed by atoms with Crippen molar-refractivity contribution in [1.82, 2.24) is 0 Å². The largest absolute Gasteiger partial charge is 0.416 e. The van der Waals surface area contributed by atoms with Crippen LogP contribution in [0.2, 0.25) is 0 Å². The molecule has 2 rings (SSSR count). The Morgan fingerprint density at radius 1 is 1.12 bits per heavy atom. The van der Waals surface area contributed by atoms with E-state index in [1.54, 1.807) is 18.2 Å². The first kappa shape index (κ1) is 11.4. The Balaban J connectivity index is 2.81. The lowest BCUT2D eigenvalue weighted by Crippen LogP contribution is -2.14. The van der Waals surface area contributed by atoms with Gasteiger partial charge in [0.05, 0.1) is 5.56 Å². The molecule has 2 aromatic rings. The molecule has 2 nitrogen and oxygen atoms in total. The van der Waals surface area contributed by atoms with E-state index in [1.165, 1.54) is 6.07 Å². The number of carbonyl (C=O) groups is 1. The summed E-state index contributed by atoms with van der Waals surface area (Å²) in [5, 5.41) is 0.768. The molecule has 0 saturated carbocycles. The highest BCUT2D eigenvalue weighted by Crippen LogP contribution is 2.33. The fraction of sp³-hybridized carbons (Fsp3) is 0.0833. The standard InChI is InChI=1S/C12H8F3NO/c13-12(14,15)8-5-7-3-1-2-4-9(7)10(6-8)11(16)17/h1-6H,(H2,16,17). The van der Waals surface area contributed by atoms with Gasteiger partial charge in [0.15, 0.2) is 0 Å². The molecule has 0 aliphatic heterocycles. The Labute approximate surface area is 94.8 Å². The Bertz CT molecular complexity index is 590. The van der Waals surface area contributed by atoms with E-state index in [9.17, 15) is 18.0 Å². The molecule has 0 saturated heterocycles. The number of rotatable bonds is 1. The molecule has 2 aromatic carbocycles. The molecule has 0 aliphatic rings. The highest BCUT2D eigenvalue weighted by atomic mass is 19.4. The van der Waals surface area contributed by atoms with E-state index in [0.717, 1.165) is 12.1 Å². The third kappa shape index (κ3) is 2.08. The number of alkyl halides is 3. The second-order valence-electron chi connectivity index (χ2n) is 3.61. The molecule has 17 heavy (non-hydrogen) atoms. The van der Waals surface area contributed by atoms with E-state index in [-0.39, 0.29) is 5.56 Å². The minimum Gasteiger partial charge on any atom is -0.366 e. The molecule has 1 amide bonds. The normalized spacial score (nSPS) is 11.7. The fourth-order valence-corrected chi connectivity index (χ4v) is 1.68. The molecule has 0 aromatic heterocycles. The van der Waals surface area contributed by atoms with Crippen LogP contribution in [0.15, 0.2) is 36.4 Å². The van der Waals surface area contributed by atoms with Gasteiger partial charge in [0, 0.05) is 5.56 Å². The smallest absolute Gasteiger partial charge is 0.366 e. The molecule has 0 unspecified atom stereocenters. The van der Waals surface area contributed by atoms with Crippen molar-refractivity contribution in [2.24, 2.45) is 5.73 Å². The number of amides is 1. The number of primary amides is 1. The fourth-order valence-electron chi connectivity index (χ4n) is 1.68. The minimum absolute atomic E-state index is 0.115. The number of hydrogen-bond donors (Lipinski definition) is 1. The van der Waals surface area contributed by atoms with Gasteiger partial charge in [-0.2, -0.15) is 13.2 Å². The van der Waals surface area contributed by atoms with Crippen LogP contribution in [0.25, 0.3) is 10.8 Å². The maximum absolute atomic E-state index is 12.6. The quantitative estimate of drug-likeness (QED) is 0.816. The average Bonchev–Trinajstić information content (AvgIpc) is 2.26. The van der Waals surface area contributed by atoms with Crippen molar-refractivity contribution in [1.29, 1.82) is 0 Å². The Hall–Kier alpha value is -2.04. The van der Waals surface area contributed by atoms with Crippen LogP contribution in [0, 0.1) is 0 Å². The van der Waals surface area contributed by atoms with Crippen molar-refractivity contribution in [3.8, 4) is 0 Å². The van der Waals surface area contributed by atoms with Crippen molar-refractivity contribution in [2.75, 3.05) is 0 Å². The first-order chi connectivity index (χ1) is 7.89. The van der Waals surface area contributed by atoms with Crippen molar-refractivity contribution < 1.29 is 18.0 Å². The number of hydrogen-bond acceptors (Lipinski definition) is 1. The van der Waals surface area contributed by atoms with E-state index in [0.29, 0.717) is 10.8 Å². The number of fused-ring (bicyclic) bond motifs is 1. The van der Waals surface area contributed by atoms with Crippen molar-refractivity contribution >= 4 is 16.7 Å². The molecule has 0 aliphatic carbocycles. The summed E-state index contributed by atoms with van der Waals surface area (Å²) >= 11 is 0. The summed E-state index contributed by atoms with van der Waals surface area (Å²) in [6, 6.07) is 8.11. The summed E-state index contributed by atoms with van der Waals surface area (Å²) in [6.07, 6.45) is -4.49. The van der Waals surface area contributed by atoms with Crippen molar-refractivity contribution in [3.05, 3.63) is 47.5 Å². The number of benzene rings is 2. The van der Waals surface area contributed by atoms with Gasteiger partial charge >= 0.3 is 6.18 Å². The third-order valence-corrected chi connectivity index (χ3v) is 2.45. The molecule has 0 spiro atoms. The first-order valence-corrected chi connectivity index (χ1v) is 4.79. The molecule has 5 heteroatoms. The second kappa shape index (κ2) is 3.76. The third-order valence-electron chi connectivity index (χ3n) is 2.45. The van der Waals surface area contributed by atoms with Gasteiger partial charge in [-0.3, -0.25) is 4.79 Å². The maximum atomic E-state index is 12.6. The molecule has 0 radical (unpaired) electrons. The van der Waals surface area contributed by atoms with Gasteiger partial charge in [-0.05, 0) is 22.9 Å². The van der Waals surface area contributed by atoms with Crippen LogP contribution in [0.5, 0.6) is 0 Å². The van der Waals surface area contributed by atoms with Gasteiger partial charge in [-0.15, -0.1) is 0 Å². The Morgan fingerprint density at radius 3 is 2.35 bits per heavy atom. The monoisotopic (exact) mass is 239 g/mol.